The molecule has 0 bridgehead atoms. The van der Waals surface area contributed by atoms with Crippen LogP contribution in [0.1, 0.15) is 45.5 Å². The lowest BCUT2D eigenvalue weighted by molar-refractivity contribution is -0.0626. The summed E-state index contributed by atoms with van der Waals surface area (Å²) >= 11 is 0. The van der Waals surface area contributed by atoms with Gasteiger partial charge in [0.2, 0.25) is 5.95 Å². The van der Waals surface area contributed by atoms with Gasteiger partial charge in [-0.25, -0.2) is 18.9 Å². The molecule has 162 valence electrons. The topological polar surface area (TPSA) is 69.3 Å². The Morgan fingerprint density at radius 2 is 2.03 bits per heavy atom. The third-order valence-corrected chi connectivity index (χ3v) is 6.35. The van der Waals surface area contributed by atoms with Crippen molar-refractivity contribution < 1.29 is 9.13 Å². The molecule has 3 aromatic heterocycles. The smallest absolute Gasteiger partial charge is 0.241 e. The van der Waals surface area contributed by atoms with Crippen LogP contribution in [0, 0.1) is 12.7 Å². The van der Waals surface area contributed by atoms with Crippen LogP contribution < -0.4 is 5.32 Å². The van der Waals surface area contributed by atoms with Crippen LogP contribution in [0.5, 0.6) is 0 Å². The monoisotopic (exact) mass is 422 g/mol. The van der Waals surface area contributed by atoms with Gasteiger partial charge in [0.15, 0.2) is 5.82 Å². The highest BCUT2D eigenvalue weighted by atomic mass is 19.1. The molecule has 31 heavy (non-hydrogen) atoms. The van der Waals surface area contributed by atoms with Gasteiger partial charge in [-0.2, -0.15) is 0 Å². The molecule has 0 amide bonds. The number of hydrogen-bond acceptors (Lipinski definition) is 5. The molecule has 1 aliphatic rings. The molecule has 4 aromatic rings. The molecule has 8 heteroatoms. The number of imidazole rings is 1. The maximum absolute atomic E-state index is 14.9. The van der Waals surface area contributed by atoms with Crippen molar-refractivity contribution in [3.8, 4) is 11.1 Å². The van der Waals surface area contributed by atoms with E-state index in [-0.39, 0.29) is 17.5 Å². The number of benzene rings is 1. The van der Waals surface area contributed by atoms with Gasteiger partial charge in [0.05, 0.1) is 22.8 Å². The largest absolute Gasteiger partial charge is 0.378 e. The normalized spacial score (nSPS) is 21.2. The summed E-state index contributed by atoms with van der Waals surface area (Å²) in [5.74, 6) is 1.06. The molecule has 1 aliphatic carbocycles. The Morgan fingerprint density at radius 1 is 1.26 bits per heavy atom. The Labute approximate surface area is 180 Å². The molecule has 0 saturated heterocycles. The van der Waals surface area contributed by atoms with Gasteiger partial charge in [0.1, 0.15) is 11.3 Å². The van der Waals surface area contributed by atoms with Crippen molar-refractivity contribution in [3.63, 3.8) is 0 Å². The summed E-state index contributed by atoms with van der Waals surface area (Å²) in [4.78, 5) is 8.93. The first-order chi connectivity index (χ1) is 14.8. The van der Waals surface area contributed by atoms with E-state index >= 15 is 0 Å². The van der Waals surface area contributed by atoms with Crippen molar-refractivity contribution in [2.75, 3.05) is 12.4 Å². The second-order valence-corrected chi connectivity index (χ2v) is 8.99. The fraction of sp³-hybridized carbons (Fsp3) is 0.435. The third-order valence-electron chi connectivity index (χ3n) is 6.35. The van der Waals surface area contributed by atoms with Crippen molar-refractivity contribution in [2.24, 2.45) is 0 Å². The molecule has 1 N–H and O–H groups in total. The van der Waals surface area contributed by atoms with Gasteiger partial charge in [0, 0.05) is 31.0 Å². The average molecular weight is 423 g/mol. The minimum absolute atomic E-state index is 0.0635. The summed E-state index contributed by atoms with van der Waals surface area (Å²) in [6, 6.07) is 5.98. The maximum atomic E-state index is 14.9. The lowest BCUT2D eigenvalue weighted by Gasteiger charge is -2.44. The highest BCUT2D eigenvalue weighted by Crippen LogP contribution is 2.36. The summed E-state index contributed by atoms with van der Waals surface area (Å²) in [6.07, 6.45) is 5.50. The zero-order chi connectivity index (χ0) is 21.9. The van der Waals surface area contributed by atoms with Crippen molar-refractivity contribution in [1.82, 2.24) is 24.1 Å². The van der Waals surface area contributed by atoms with Gasteiger partial charge in [-0.3, -0.25) is 0 Å². The van der Waals surface area contributed by atoms with Crippen LogP contribution in [0.4, 0.5) is 10.3 Å². The van der Waals surface area contributed by atoms with E-state index in [4.69, 9.17) is 4.74 Å². The number of aromatic nitrogens is 5. The first-order valence-electron chi connectivity index (χ1n) is 10.6. The number of nitrogens with one attached hydrogen (secondary N) is 1. The highest BCUT2D eigenvalue weighted by Gasteiger charge is 2.40. The van der Waals surface area contributed by atoms with Crippen LogP contribution >= 0.6 is 0 Å². The second kappa shape index (κ2) is 7.02. The molecule has 1 aromatic carbocycles. The number of hydrogen-bond donors (Lipinski definition) is 1. The first-order valence-corrected chi connectivity index (χ1v) is 10.6. The molecule has 0 spiro atoms. The van der Waals surface area contributed by atoms with E-state index in [2.05, 4.69) is 45.7 Å². The lowest BCUT2D eigenvalue weighted by atomic mass is 9.77. The summed E-state index contributed by atoms with van der Waals surface area (Å²) in [5.41, 5.74) is 3.64. The number of aryl methyl sites for hydroxylation is 1. The van der Waals surface area contributed by atoms with Gasteiger partial charge < -0.3 is 14.6 Å². The summed E-state index contributed by atoms with van der Waals surface area (Å²) in [7, 11) is 1.75. The van der Waals surface area contributed by atoms with E-state index in [1.807, 2.05) is 25.3 Å². The minimum Gasteiger partial charge on any atom is -0.378 e. The van der Waals surface area contributed by atoms with Crippen LogP contribution in [0.2, 0.25) is 0 Å². The lowest BCUT2D eigenvalue weighted by Crippen LogP contribution is -2.49. The molecule has 1 fully saturated rings. The Kier molecular flexibility index (Phi) is 4.51. The summed E-state index contributed by atoms with van der Waals surface area (Å²) in [5, 5.41) is 7.96. The molecule has 7 nitrogen and oxygen atoms in total. The molecule has 3 heterocycles. The molecular formula is C23H27FN6O. The molecule has 5 rings (SSSR count). The Morgan fingerprint density at radius 3 is 2.74 bits per heavy atom. The first kappa shape index (κ1) is 19.9. The SMILES string of the molecule is CO[C@]1(C)C[C@H](Nc2ncc3c(-c4cc(F)c5nc(C)n(C(C)C)c5c4)ccn3n2)C1. The van der Waals surface area contributed by atoms with E-state index < -0.39 is 0 Å². The number of methoxy groups -OCH3 is 1. The van der Waals surface area contributed by atoms with Crippen LogP contribution in [-0.4, -0.2) is 42.9 Å². The number of anilines is 1. The Bertz CT molecular complexity index is 1280. The minimum atomic E-state index is -0.320. The quantitative estimate of drug-likeness (QED) is 0.502. The number of nitrogens with zero attached hydrogens (tertiary/aromatic N) is 5. The highest BCUT2D eigenvalue weighted by molar-refractivity contribution is 5.88. The number of fused-ring (bicyclic) bond motifs is 2. The van der Waals surface area contributed by atoms with Gasteiger partial charge >= 0.3 is 0 Å². The standard InChI is InChI=1S/C23H27FN6O/c1-13(2)30-14(3)26-21-18(24)8-15(9-19(21)30)17-6-7-29-20(17)12-25-22(28-29)27-16-10-23(4,11-16)31-5/h6-9,12-13,16H,10-11H2,1-5H3,(H,27,28)/t16-,23+. The van der Waals surface area contributed by atoms with Crippen molar-refractivity contribution in [3.05, 3.63) is 42.2 Å². The van der Waals surface area contributed by atoms with Gasteiger partial charge in [-0.1, -0.05) is 0 Å². The zero-order valence-corrected chi connectivity index (χ0v) is 18.5. The van der Waals surface area contributed by atoms with Crippen LogP contribution in [0.25, 0.3) is 27.7 Å². The van der Waals surface area contributed by atoms with Crippen molar-refractivity contribution in [1.29, 1.82) is 0 Å². The van der Waals surface area contributed by atoms with Crippen molar-refractivity contribution >= 4 is 22.5 Å². The molecule has 0 radical (unpaired) electrons. The number of halogens is 1. The fourth-order valence-corrected chi connectivity index (χ4v) is 4.72. The van der Waals surface area contributed by atoms with Gasteiger partial charge in [-0.15, -0.1) is 5.10 Å². The fourth-order valence-electron chi connectivity index (χ4n) is 4.72. The van der Waals surface area contributed by atoms with E-state index in [0.717, 1.165) is 40.8 Å². The van der Waals surface area contributed by atoms with E-state index in [1.165, 1.54) is 0 Å². The molecule has 1 saturated carbocycles. The zero-order valence-electron chi connectivity index (χ0n) is 18.5. The average Bonchev–Trinajstić information content (AvgIpc) is 3.26. The Hall–Kier alpha value is -3.00. The van der Waals surface area contributed by atoms with E-state index in [0.29, 0.717) is 17.5 Å². The molecule has 0 atom stereocenters. The Balaban J connectivity index is 1.49. The van der Waals surface area contributed by atoms with Crippen molar-refractivity contribution in [2.45, 2.75) is 58.2 Å². The predicted molar refractivity (Wildman–Crippen MR) is 119 cm³/mol. The molecule has 0 unspecified atom stereocenters. The summed E-state index contributed by atoms with van der Waals surface area (Å²) < 4.78 is 24.3. The molecular weight excluding hydrogens is 395 g/mol. The number of rotatable bonds is 5. The predicted octanol–water partition coefficient (Wildman–Crippen LogP) is 4.75. The maximum Gasteiger partial charge on any atom is 0.241 e. The second-order valence-electron chi connectivity index (χ2n) is 8.99. The summed E-state index contributed by atoms with van der Waals surface area (Å²) in [6.45, 7) is 8.17. The van der Waals surface area contributed by atoms with Crippen LogP contribution in [0.15, 0.2) is 30.6 Å². The third kappa shape index (κ3) is 3.26. The van der Waals surface area contributed by atoms with E-state index in [9.17, 15) is 4.39 Å². The van der Waals surface area contributed by atoms with Gasteiger partial charge in [-0.05, 0) is 64.3 Å². The van der Waals surface area contributed by atoms with E-state index in [1.54, 1.807) is 23.9 Å². The molecule has 0 aliphatic heterocycles. The van der Waals surface area contributed by atoms with Crippen LogP contribution in [0.3, 0.4) is 0 Å². The number of ether oxygens (including phenoxy) is 1. The van der Waals surface area contributed by atoms with Gasteiger partial charge in [0.25, 0.3) is 0 Å². The van der Waals surface area contributed by atoms with Crippen LogP contribution in [-0.2, 0) is 4.74 Å².